The Morgan fingerprint density at radius 1 is 0.519 bits per heavy atom. The Labute approximate surface area is 160 Å². The first-order chi connectivity index (χ1) is 12.7. The predicted molar refractivity (Wildman–Crippen MR) is 108 cm³/mol. The van der Waals surface area contributed by atoms with Gasteiger partial charge in [0.2, 0.25) is 0 Å². The molecule has 0 heterocycles. The van der Waals surface area contributed by atoms with Gasteiger partial charge in [-0.2, -0.15) is 0 Å². The number of fused-ring (bicyclic) bond motifs is 5. The number of hydrogen-bond donors (Lipinski definition) is 2. The van der Waals surface area contributed by atoms with Gasteiger partial charge >= 0.3 is 0 Å². The van der Waals surface area contributed by atoms with Crippen LogP contribution in [0.3, 0.4) is 0 Å². The molecule has 0 aromatic heterocycles. The molecule has 0 saturated heterocycles. The third-order valence-electron chi connectivity index (χ3n) is 6.75. The van der Waals surface area contributed by atoms with Gasteiger partial charge in [0.25, 0.3) is 0 Å². The molecule has 2 atom stereocenters. The quantitative estimate of drug-likeness (QED) is 0.606. The highest BCUT2D eigenvalue weighted by Gasteiger charge is 2.47. The molecule has 0 saturated carbocycles. The smallest absolute Gasteiger partial charge is 0.113 e. The van der Waals surface area contributed by atoms with Crippen molar-refractivity contribution in [2.45, 2.75) is 44.3 Å². The van der Waals surface area contributed by atoms with Crippen molar-refractivity contribution in [3.05, 3.63) is 94.0 Å². The molecule has 0 radical (unpaired) electrons. The largest absolute Gasteiger partial charge is 0.381 e. The molecule has 2 N–H and O–H groups in total. The highest BCUT2D eigenvalue weighted by molar-refractivity contribution is 5.82. The van der Waals surface area contributed by atoms with Crippen LogP contribution >= 0.6 is 0 Å². The van der Waals surface area contributed by atoms with Crippen molar-refractivity contribution in [3.8, 4) is 11.1 Å². The second-order valence-corrected chi connectivity index (χ2v) is 8.80. The third kappa shape index (κ3) is 1.92. The van der Waals surface area contributed by atoms with Gasteiger partial charge in [0.05, 0.1) is 0 Å². The van der Waals surface area contributed by atoms with Crippen molar-refractivity contribution < 1.29 is 10.2 Å². The lowest BCUT2D eigenvalue weighted by molar-refractivity contribution is 0.0508. The molecule has 2 unspecified atom stereocenters. The Bertz CT molecular complexity index is 1100. The summed E-state index contributed by atoms with van der Waals surface area (Å²) in [6.45, 7) is 8.13. The zero-order valence-corrected chi connectivity index (χ0v) is 16.2. The van der Waals surface area contributed by atoms with Crippen molar-refractivity contribution in [2.75, 3.05) is 0 Å². The molecule has 2 aliphatic carbocycles. The van der Waals surface area contributed by atoms with Crippen LogP contribution in [0.4, 0.5) is 0 Å². The molecule has 3 aromatic carbocycles. The number of aliphatic hydroxyl groups is 2. The maximum absolute atomic E-state index is 11.5. The Hall–Kier alpha value is -2.42. The molecule has 5 rings (SSSR count). The second kappa shape index (κ2) is 4.89. The van der Waals surface area contributed by atoms with Gasteiger partial charge in [-0.25, -0.2) is 0 Å². The van der Waals surface area contributed by atoms with Gasteiger partial charge in [0, 0.05) is 5.41 Å². The topological polar surface area (TPSA) is 40.5 Å². The fourth-order valence-corrected chi connectivity index (χ4v) is 5.18. The molecule has 2 nitrogen and oxygen atoms in total. The van der Waals surface area contributed by atoms with E-state index in [1.54, 1.807) is 0 Å². The minimum Gasteiger partial charge on any atom is -0.381 e. The molecular formula is C25H24O2. The Balaban J connectivity index is 1.88. The van der Waals surface area contributed by atoms with Gasteiger partial charge in [-0.3, -0.25) is 0 Å². The van der Waals surface area contributed by atoms with Crippen molar-refractivity contribution in [2.24, 2.45) is 0 Å². The summed E-state index contributed by atoms with van der Waals surface area (Å²) in [6, 6.07) is 20.4. The van der Waals surface area contributed by atoms with Crippen LogP contribution in [0.15, 0.2) is 60.7 Å². The molecule has 0 amide bonds. The molecule has 0 spiro atoms. The predicted octanol–water partition coefficient (Wildman–Crippen LogP) is 4.82. The average Bonchev–Trinajstić information content (AvgIpc) is 2.87. The van der Waals surface area contributed by atoms with E-state index >= 15 is 0 Å². The highest BCUT2D eigenvalue weighted by atomic mass is 16.3. The summed E-state index contributed by atoms with van der Waals surface area (Å²) in [6.07, 6.45) is 0. The summed E-state index contributed by atoms with van der Waals surface area (Å²) >= 11 is 0. The lowest BCUT2D eigenvalue weighted by atomic mass is 9.67. The van der Waals surface area contributed by atoms with Gasteiger partial charge < -0.3 is 10.2 Å². The molecular weight excluding hydrogens is 332 g/mol. The van der Waals surface area contributed by atoms with E-state index in [9.17, 15) is 10.2 Å². The van der Waals surface area contributed by atoms with E-state index in [1.807, 2.05) is 38.1 Å². The van der Waals surface area contributed by atoms with Crippen molar-refractivity contribution >= 4 is 0 Å². The zero-order valence-electron chi connectivity index (χ0n) is 16.2. The zero-order chi connectivity index (χ0) is 19.2. The second-order valence-electron chi connectivity index (χ2n) is 8.80. The Morgan fingerprint density at radius 3 is 1.59 bits per heavy atom. The van der Waals surface area contributed by atoms with Gasteiger partial charge in [0.15, 0.2) is 0 Å². The van der Waals surface area contributed by atoms with Crippen LogP contribution < -0.4 is 0 Å². The van der Waals surface area contributed by atoms with Crippen LogP contribution in [0.5, 0.6) is 0 Å². The molecule has 3 aromatic rings. The average molecular weight is 356 g/mol. The lowest BCUT2D eigenvalue weighted by Gasteiger charge is -2.42. The fraction of sp³-hybridized carbons (Fsp3) is 0.280. The van der Waals surface area contributed by atoms with E-state index in [0.29, 0.717) is 0 Å². The third-order valence-corrected chi connectivity index (χ3v) is 6.75. The first-order valence-electron chi connectivity index (χ1n) is 9.51. The van der Waals surface area contributed by atoms with E-state index in [1.165, 1.54) is 16.7 Å². The standard InChI is InChI=1S/C25H24O2/c1-23(2)17-10-6-5-9-15(17)16-13-21-22(14-20(16)23)25(4,27)19-12-8-7-11-18(19)24(21,3)26/h5-14,26-27H,1-4H3. The monoisotopic (exact) mass is 356 g/mol. The van der Waals surface area contributed by atoms with E-state index in [0.717, 1.165) is 27.8 Å². The van der Waals surface area contributed by atoms with Gasteiger partial charge in [-0.1, -0.05) is 68.4 Å². The van der Waals surface area contributed by atoms with Crippen LogP contribution in [-0.2, 0) is 16.6 Å². The molecule has 0 bridgehead atoms. The SMILES string of the molecule is CC1(C)c2ccccc2-c2cc3c(cc21)C(C)(O)c1ccccc1C3(C)O. The highest BCUT2D eigenvalue weighted by Crippen LogP contribution is 2.54. The summed E-state index contributed by atoms with van der Waals surface area (Å²) in [5.41, 5.74) is 5.57. The molecule has 2 aliphatic rings. The Kier molecular flexibility index (Phi) is 3.03. The van der Waals surface area contributed by atoms with Crippen molar-refractivity contribution in [1.29, 1.82) is 0 Å². The van der Waals surface area contributed by atoms with Crippen LogP contribution in [0.2, 0.25) is 0 Å². The minimum atomic E-state index is -1.15. The number of hydrogen-bond acceptors (Lipinski definition) is 2. The maximum atomic E-state index is 11.5. The molecule has 136 valence electrons. The number of benzene rings is 3. The van der Waals surface area contributed by atoms with Crippen molar-refractivity contribution in [3.63, 3.8) is 0 Å². The normalized spacial score (nSPS) is 26.7. The first kappa shape index (κ1) is 16.7. The molecule has 0 fully saturated rings. The summed E-state index contributed by atoms with van der Waals surface area (Å²) in [5, 5.41) is 23.0. The maximum Gasteiger partial charge on any atom is 0.113 e. The van der Waals surface area contributed by atoms with E-state index in [2.05, 4.69) is 50.2 Å². The summed E-state index contributed by atoms with van der Waals surface area (Å²) in [5.74, 6) is 0. The lowest BCUT2D eigenvalue weighted by Crippen LogP contribution is -2.40. The van der Waals surface area contributed by atoms with Crippen LogP contribution in [0.1, 0.15) is 61.1 Å². The summed E-state index contributed by atoms with van der Waals surface area (Å²) in [7, 11) is 0. The van der Waals surface area contributed by atoms with Crippen molar-refractivity contribution in [1.82, 2.24) is 0 Å². The van der Waals surface area contributed by atoms with Gasteiger partial charge in [-0.05, 0) is 64.4 Å². The summed E-state index contributed by atoms with van der Waals surface area (Å²) in [4.78, 5) is 0. The minimum absolute atomic E-state index is 0.139. The van der Waals surface area contributed by atoms with E-state index in [4.69, 9.17) is 0 Å². The van der Waals surface area contributed by atoms with E-state index in [-0.39, 0.29) is 5.41 Å². The molecule has 0 aliphatic heterocycles. The van der Waals surface area contributed by atoms with Crippen LogP contribution in [0, 0.1) is 0 Å². The Morgan fingerprint density at radius 2 is 1.00 bits per heavy atom. The molecule has 2 heteroatoms. The first-order valence-corrected chi connectivity index (χ1v) is 9.51. The summed E-state index contributed by atoms with van der Waals surface area (Å²) < 4.78 is 0. The fourth-order valence-electron chi connectivity index (χ4n) is 5.18. The van der Waals surface area contributed by atoms with Gasteiger partial charge in [0.1, 0.15) is 11.2 Å². The van der Waals surface area contributed by atoms with Crippen LogP contribution in [-0.4, -0.2) is 10.2 Å². The molecule has 27 heavy (non-hydrogen) atoms. The number of rotatable bonds is 0. The van der Waals surface area contributed by atoms with Crippen LogP contribution in [0.25, 0.3) is 11.1 Å². The van der Waals surface area contributed by atoms with Gasteiger partial charge in [-0.15, -0.1) is 0 Å². The van der Waals surface area contributed by atoms with E-state index < -0.39 is 11.2 Å².